The van der Waals surface area contributed by atoms with Gasteiger partial charge in [-0.1, -0.05) is 48.5 Å². The molecule has 1 aliphatic heterocycles. The molecule has 2 aromatic rings. The molecule has 144 valence electrons. The maximum atomic E-state index is 12.1. The van der Waals surface area contributed by atoms with Crippen LogP contribution in [0, 0.1) is 0 Å². The molecule has 1 fully saturated rings. The fourth-order valence-electron chi connectivity index (χ4n) is 3.27. The second kappa shape index (κ2) is 10.7. The summed E-state index contributed by atoms with van der Waals surface area (Å²) in [5.41, 5.74) is 2.32. The first-order valence-electron chi connectivity index (χ1n) is 9.75. The van der Waals surface area contributed by atoms with E-state index in [4.69, 9.17) is 4.74 Å². The van der Waals surface area contributed by atoms with Gasteiger partial charge >= 0.3 is 0 Å². The molecule has 2 aromatic carbocycles. The highest BCUT2D eigenvalue weighted by Crippen LogP contribution is 2.21. The Hall–Kier alpha value is -2.37. The zero-order valence-corrected chi connectivity index (χ0v) is 15.8. The Balaban J connectivity index is 1.39. The standard InChI is InChI=1S/C22H29N3O2/c26-22(24-11-6-14-25-15-12-23-13-16-25)18-27-21-10-5-4-9-20(21)17-19-7-2-1-3-8-19/h1-5,7-10,23H,6,11-18H2,(H,24,26). The molecule has 2 N–H and O–H groups in total. The largest absolute Gasteiger partial charge is 0.483 e. The van der Waals surface area contributed by atoms with E-state index in [1.54, 1.807) is 0 Å². The molecule has 27 heavy (non-hydrogen) atoms. The molecule has 1 heterocycles. The first-order chi connectivity index (χ1) is 13.3. The van der Waals surface area contributed by atoms with E-state index in [2.05, 4.69) is 27.7 Å². The van der Waals surface area contributed by atoms with Gasteiger partial charge in [0.2, 0.25) is 0 Å². The molecule has 0 bridgehead atoms. The van der Waals surface area contributed by atoms with E-state index in [0.29, 0.717) is 6.54 Å². The summed E-state index contributed by atoms with van der Waals surface area (Å²) < 4.78 is 5.79. The van der Waals surface area contributed by atoms with Crippen molar-refractivity contribution in [2.75, 3.05) is 45.9 Å². The molecule has 1 saturated heterocycles. The molecule has 5 heteroatoms. The van der Waals surface area contributed by atoms with Crippen molar-refractivity contribution in [2.45, 2.75) is 12.8 Å². The number of piperazine rings is 1. The van der Waals surface area contributed by atoms with Crippen molar-refractivity contribution in [1.29, 1.82) is 0 Å². The smallest absolute Gasteiger partial charge is 0.257 e. The maximum Gasteiger partial charge on any atom is 0.257 e. The van der Waals surface area contributed by atoms with Crippen LogP contribution in [0.25, 0.3) is 0 Å². The van der Waals surface area contributed by atoms with Gasteiger partial charge in [0, 0.05) is 39.1 Å². The van der Waals surface area contributed by atoms with Crippen LogP contribution in [-0.2, 0) is 11.2 Å². The molecule has 5 nitrogen and oxygen atoms in total. The number of hydrogen-bond donors (Lipinski definition) is 2. The van der Waals surface area contributed by atoms with E-state index >= 15 is 0 Å². The minimum atomic E-state index is -0.0650. The van der Waals surface area contributed by atoms with Gasteiger partial charge in [-0.15, -0.1) is 0 Å². The van der Waals surface area contributed by atoms with Gasteiger partial charge in [0.1, 0.15) is 5.75 Å². The number of nitrogens with zero attached hydrogens (tertiary/aromatic N) is 1. The van der Waals surface area contributed by atoms with Crippen LogP contribution in [0.15, 0.2) is 54.6 Å². The molecular weight excluding hydrogens is 338 g/mol. The maximum absolute atomic E-state index is 12.1. The minimum absolute atomic E-state index is 0.0550. The van der Waals surface area contributed by atoms with E-state index in [-0.39, 0.29) is 12.5 Å². The van der Waals surface area contributed by atoms with Gasteiger partial charge in [-0.2, -0.15) is 0 Å². The van der Waals surface area contributed by atoms with Crippen LogP contribution >= 0.6 is 0 Å². The number of para-hydroxylation sites is 1. The first kappa shape index (κ1) is 19.4. The Bertz CT molecular complexity index is 700. The number of amides is 1. The summed E-state index contributed by atoms with van der Waals surface area (Å²) in [6, 6.07) is 18.2. The summed E-state index contributed by atoms with van der Waals surface area (Å²) >= 11 is 0. The van der Waals surface area contributed by atoms with Gasteiger partial charge in [-0.3, -0.25) is 4.79 Å². The monoisotopic (exact) mass is 367 g/mol. The van der Waals surface area contributed by atoms with Crippen molar-refractivity contribution < 1.29 is 9.53 Å². The zero-order valence-electron chi connectivity index (χ0n) is 15.8. The van der Waals surface area contributed by atoms with Crippen molar-refractivity contribution in [3.05, 3.63) is 65.7 Å². The quantitative estimate of drug-likeness (QED) is 0.666. The van der Waals surface area contributed by atoms with Gasteiger partial charge in [0.25, 0.3) is 5.91 Å². The van der Waals surface area contributed by atoms with Gasteiger partial charge in [0.05, 0.1) is 0 Å². The highest BCUT2D eigenvalue weighted by atomic mass is 16.5. The average Bonchev–Trinajstić information content (AvgIpc) is 2.72. The lowest BCUT2D eigenvalue weighted by molar-refractivity contribution is -0.123. The highest BCUT2D eigenvalue weighted by Gasteiger charge is 2.10. The van der Waals surface area contributed by atoms with Crippen LogP contribution in [0.4, 0.5) is 0 Å². The second-order valence-electron chi connectivity index (χ2n) is 6.85. The van der Waals surface area contributed by atoms with E-state index < -0.39 is 0 Å². The molecular formula is C22H29N3O2. The lowest BCUT2D eigenvalue weighted by Crippen LogP contribution is -2.44. The Morgan fingerprint density at radius 2 is 1.78 bits per heavy atom. The molecule has 0 aliphatic carbocycles. The summed E-state index contributed by atoms with van der Waals surface area (Å²) in [6.45, 7) is 6.08. The SMILES string of the molecule is O=C(COc1ccccc1Cc1ccccc1)NCCCN1CCNCC1. The molecule has 0 atom stereocenters. The van der Waals surface area contributed by atoms with Crippen LogP contribution in [0.1, 0.15) is 17.5 Å². The number of nitrogens with one attached hydrogen (secondary N) is 2. The Labute approximate surface area is 161 Å². The van der Waals surface area contributed by atoms with Crippen molar-refractivity contribution in [3.8, 4) is 5.75 Å². The minimum Gasteiger partial charge on any atom is -0.483 e. The van der Waals surface area contributed by atoms with Crippen molar-refractivity contribution in [1.82, 2.24) is 15.5 Å². The predicted octanol–water partition coefficient (Wildman–Crippen LogP) is 2.07. The van der Waals surface area contributed by atoms with Gasteiger partial charge in [-0.05, 0) is 30.2 Å². The number of rotatable bonds is 9. The molecule has 0 saturated carbocycles. The van der Waals surface area contributed by atoms with Crippen molar-refractivity contribution in [2.24, 2.45) is 0 Å². The summed E-state index contributed by atoms with van der Waals surface area (Å²) in [7, 11) is 0. The van der Waals surface area contributed by atoms with Crippen LogP contribution < -0.4 is 15.4 Å². The van der Waals surface area contributed by atoms with Crippen molar-refractivity contribution >= 4 is 5.91 Å². The number of carbonyl (C=O) groups is 1. The molecule has 1 aliphatic rings. The summed E-state index contributed by atoms with van der Waals surface area (Å²) in [5.74, 6) is 0.710. The molecule has 1 amide bonds. The highest BCUT2D eigenvalue weighted by molar-refractivity contribution is 5.77. The number of benzene rings is 2. The Morgan fingerprint density at radius 1 is 1.04 bits per heavy atom. The van der Waals surface area contributed by atoms with E-state index in [0.717, 1.165) is 56.9 Å². The zero-order chi connectivity index (χ0) is 18.7. The van der Waals surface area contributed by atoms with Gasteiger partial charge in [0.15, 0.2) is 6.61 Å². The molecule has 0 aromatic heterocycles. The topological polar surface area (TPSA) is 53.6 Å². The summed E-state index contributed by atoms with van der Waals surface area (Å²) in [5, 5.41) is 6.30. The third-order valence-corrected chi connectivity index (χ3v) is 4.75. The molecule has 0 radical (unpaired) electrons. The number of carbonyl (C=O) groups excluding carboxylic acids is 1. The molecule has 0 spiro atoms. The summed E-state index contributed by atoms with van der Waals surface area (Å²) in [6.07, 6.45) is 1.76. The molecule has 3 rings (SSSR count). The van der Waals surface area contributed by atoms with E-state index in [1.165, 1.54) is 5.56 Å². The number of ether oxygens (including phenoxy) is 1. The summed E-state index contributed by atoms with van der Waals surface area (Å²) in [4.78, 5) is 14.5. The lowest BCUT2D eigenvalue weighted by Gasteiger charge is -2.27. The average molecular weight is 367 g/mol. The number of hydrogen-bond acceptors (Lipinski definition) is 4. The Morgan fingerprint density at radius 3 is 2.59 bits per heavy atom. The first-order valence-corrected chi connectivity index (χ1v) is 9.75. The van der Waals surface area contributed by atoms with Gasteiger partial charge in [-0.25, -0.2) is 0 Å². The fourth-order valence-corrected chi connectivity index (χ4v) is 3.27. The van der Waals surface area contributed by atoms with E-state index in [9.17, 15) is 4.79 Å². The van der Waals surface area contributed by atoms with Crippen LogP contribution in [0.2, 0.25) is 0 Å². The van der Waals surface area contributed by atoms with Crippen LogP contribution in [0.5, 0.6) is 5.75 Å². The third kappa shape index (κ3) is 6.70. The normalized spacial score (nSPS) is 14.7. The second-order valence-corrected chi connectivity index (χ2v) is 6.85. The molecule has 0 unspecified atom stereocenters. The lowest BCUT2D eigenvalue weighted by atomic mass is 10.0. The Kier molecular flexibility index (Phi) is 7.69. The fraction of sp³-hybridized carbons (Fsp3) is 0.409. The van der Waals surface area contributed by atoms with Crippen molar-refractivity contribution in [3.63, 3.8) is 0 Å². The van der Waals surface area contributed by atoms with Gasteiger partial charge < -0.3 is 20.3 Å². The van der Waals surface area contributed by atoms with E-state index in [1.807, 2.05) is 42.5 Å². The predicted molar refractivity (Wildman–Crippen MR) is 108 cm³/mol. The van der Waals surface area contributed by atoms with Crippen LogP contribution in [-0.4, -0.2) is 56.7 Å². The third-order valence-electron chi connectivity index (χ3n) is 4.75. The van der Waals surface area contributed by atoms with Crippen LogP contribution in [0.3, 0.4) is 0 Å².